The second kappa shape index (κ2) is 5.46. The monoisotopic (exact) mass is 274 g/mol. The summed E-state index contributed by atoms with van der Waals surface area (Å²) in [5.41, 5.74) is 1.05. The Morgan fingerprint density at radius 2 is 2.11 bits per heavy atom. The lowest BCUT2D eigenvalue weighted by Gasteiger charge is -2.02. The molecule has 0 atom stereocenters. The normalized spacial score (nSPS) is 11.2. The van der Waals surface area contributed by atoms with E-state index in [0.29, 0.717) is 6.54 Å². The van der Waals surface area contributed by atoms with Crippen LogP contribution < -0.4 is 0 Å². The van der Waals surface area contributed by atoms with E-state index in [2.05, 4.69) is 21.1 Å². The Morgan fingerprint density at radius 1 is 1.21 bits per heavy atom. The molecule has 0 bridgehead atoms. The van der Waals surface area contributed by atoms with Crippen molar-refractivity contribution in [3.05, 3.63) is 41.4 Å². The van der Waals surface area contributed by atoms with Crippen LogP contribution in [0.2, 0.25) is 0 Å². The molecule has 0 fully saturated rings. The van der Waals surface area contributed by atoms with Gasteiger partial charge in [-0.2, -0.15) is 5.10 Å². The first-order valence-corrected chi connectivity index (χ1v) is 7.00. The van der Waals surface area contributed by atoms with Gasteiger partial charge in [-0.1, -0.05) is 12.1 Å². The van der Waals surface area contributed by atoms with Crippen LogP contribution in [-0.4, -0.2) is 31.5 Å². The highest BCUT2D eigenvalue weighted by molar-refractivity contribution is 7.18. The van der Waals surface area contributed by atoms with Crippen LogP contribution in [0.1, 0.15) is 10.8 Å². The summed E-state index contributed by atoms with van der Waals surface area (Å²) in [6, 6.07) is 8.15. The molecule has 5 nitrogen and oxygen atoms in total. The number of hydrogen-bond acceptors (Lipinski definition) is 5. The zero-order valence-electron chi connectivity index (χ0n) is 10.4. The van der Waals surface area contributed by atoms with Crippen molar-refractivity contribution >= 4 is 21.6 Å². The third-order valence-electron chi connectivity index (χ3n) is 2.91. The Balaban J connectivity index is 1.73. The lowest BCUT2D eigenvalue weighted by atomic mass is 10.3. The molecule has 1 N–H and O–H groups in total. The molecule has 0 aliphatic rings. The molecule has 0 spiro atoms. The molecule has 3 aromatic rings. The van der Waals surface area contributed by atoms with E-state index in [0.717, 1.165) is 29.2 Å². The molecule has 0 aliphatic heterocycles. The van der Waals surface area contributed by atoms with Crippen LogP contribution in [0.4, 0.5) is 0 Å². The summed E-state index contributed by atoms with van der Waals surface area (Å²) >= 11 is 1.72. The molecular weight excluding hydrogens is 260 g/mol. The van der Waals surface area contributed by atoms with Crippen molar-refractivity contribution < 1.29 is 5.11 Å². The number of thiazole rings is 1. The molecular formula is C13H14N4OS. The molecule has 98 valence electrons. The largest absolute Gasteiger partial charge is 0.394 e. The first-order valence-electron chi connectivity index (χ1n) is 6.19. The fraction of sp³-hybridized carbons (Fsp3) is 0.308. The fourth-order valence-corrected chi connectivity index (χ4v) is 2.98. The van der Waals surface area contributed by atoms with Gasteiger partial charge >= 0.3 is 0 Å². The standard InChI is InChI=1S/C13H14N4OS/c18-8-7-17-12(14-9-15-17)5-6-13-16-10-3-1-2-4-11(10)19-13/h1-4,9,18H,5-8H2. The minimum atomic E-state index is 0.0809. The van der Waals surface area contributed by atoms with E-state index in [1.54, 1.807) is 16.0 Å². The Hall–Kier alpha value is -1.79. The molecule has 19 heavy (non-hydrogen) atoms. The topological polar surface area (TPSA) is 63.8 Å². The molecule has 0 unspecified atom stereocenters. The van der Waals surface area contributed by atoms with Gasteiger partial charge in [0.05, 0.1) is 28.4 Å². The summed E-state index contributed by atoms with van der Waals surface area (Å²) in [7, 11) is 0. The van der Waals surface area contributed by atoms with Crippen molar-refractivity contribution in [2.75, 3.05) is 6.61 Å². The highest BCUT2D eigenvalue weighted by Gasteiger charge is 2.07. The maximum atomic E-state index is 8.94. The average molecular weight is 274 g/mol. The summed E-state index contributed by atoms with van der Waals surface area (Å²) in [6.07, 6.45) is 3.17. The van der Waals surface area contributed by atoms with E-state index >= 15 is 0 Å². The van der Waals surface area contributed by atoms with Gasteiger partial charge in [0, 0.05) is 12.8 Å². The fourth-order valence-electron chi connectivity index (χ4n) is 2.01. The minimum absolute atomic E-state index is 0.0809. The van der Waals surface area contributed by atoms with Crippen LogP contribution in [0.15, 0.2) is 30.6 Å². The predicted octanol–water partition coefficient (Wildman–Crippen LogP) is 1.67. The van der Waals surface area contributed by atoms with Crippen LogP contribution >= 0.6 is 11.3 Å². The molecule has 1 aromatic carbocycles. The van der Waals surface area contributed by atoms with Gasteiger partial charge in [0.2, 0.25) is 0 Å². The number of aryl methyl sites for hydroxylation is 2. The van der Waals surface area contributed by atoms with Crippen LogP contribution in [0.5, 0.6) is 0 Å². The number of aromatic nitrogens is 4. The Kier molecular flexibility index (Phi) is 3.52. The maximum Gasteiger partial charge on any atom is 0.138 e. The number of para-hydroxylation sites is 1. The quantitative estimate of drug-likeness (QED) is 0.768. The first kappa shape index (κ1) is 12.3. The van der Waals surface area contributed by atoms with Gasteiger partial charge in [-0.3, -0.25) is 0 Å². The van der Waals surface area contributed by atoms with Gasteiger partial charge in [-0.15, -0.1) is 11.3 Å². The number of fused-ring (bicyclic) bond motifs is 1. The highest BCUT2D eigenvalue weighted by Crippen LogP contribution is 2.22. The maximum absolute atomic E-state index is 8.94. The molecule has 2 aromatic heterocycles. The molecule has 3 rings (SSSR count). The van der Waals surface area contributed by atoms with Crippen LogP contribution in [0.3, 0.4) is 0 Å². The molecule has 0 saturated heterocycles. The van der Waals surface area contributed by atoms with Crippen molar-refractivity contribution in [1.29, 1.82) is 0 Å². The third-order valence-corrected chi connectivity index (χ3v) is 4.00. The minimum Gasteiger partial charge on any atom is -0.394 e. The van der Waals surface area contributed by atoms with Crippen molar-refractivity contribution in [2.45, 2.75) is 19.4 Å². The highest BCUT2D eigenvalue weighted by atomic mass is 32.1. The SMILES string of the molecule is OCCn1ncnc1CCc1nc2ccccc2s1. The van der Waals surface area contributed by atoms with Crippen LogP contribution in [-0.2, 0) is 19.4 Å². The van der Waals surface area contributed by atoms with Crippen molar-refractivity contribution in [2.24, 2.45) is 0 Å². The van der Waals surface area contributed by atoms with Gasteiger partial charge in [0.1, 0.15) is 12.2 Å². The third kappa shape index (κ3) is 2.64. The number of nitrogens with zero attached hydrogens (tertiary/aromatic N) is 4. The van der Waals surface area contributed by atoms with Gasteiger partial charge < -0.3 is 5.11 Å². The molecule has 0 amide bonds. The van der Waals surface area contributed by atoms with E-state index in [9.17, 15) is 0 Å². The van der Waals surface area contributed by atoms with Gasteiger partial charge in [-0.05, 0) is 12.1 Å². The van der Waals surface area contributed by atoms with Crippen molar-refractivity contribution in [3.63, 3.8) is 0 Å². The summed E-state index contributed by atoms with van der Waals surface area (Å²) < 4.78 is 2.96. The van der Waals surface area contributed by atoms with Crippen molar-refractivity contribution in [1.82, 2.24) is 19.7 Å². The van der Waals surface area contributed by atoms with E-state index < -0.39 is 0 Å². The molecule has 2 heterocycles. The Labute approximate surface area is 114 Å². The molecule has 0 saturated carbocycles. The first-order chi connectivity index (χ1) is 9.36. The second-order valence-corrected chi connectivity index (χ2v) is 5.31. The number of rotatable bonds is 5. The van der Waals surface area contributed by atoms with E-state index in [1.165, 1.54) is 11.0 Å². The summed E-state index contributed by atoms with van der Waals surface area (Å²) in [5, 5.41) is 14.1. The number of aliphatic hydroxyl groups is 1. The summed E-state index contributed by atoms with van der Waals surface area (Å²) in [5.74, 6) is 0.897. The van der Waals surface area contributed by atoms with Crippen molar-refractivity contribution in [3.8, 4) is 0 Å². The molecule has 0 aliphatic carbocycles. The Morgan fingerprint density at radius 3 is 2.95 bits per heavy atom. The molecule has 0 radical (unpaired) electrons. The average Bonchev–Trinajstić information content (AvgIpc) is 3.02. The lowest BCUT2D eigenvalue weighted by molar-refractivity contribution is 0.267. The summed E-state index contributed by atoms with van der Waals surface area (Å²) in [4.78, 5) is 8.82. The molecule has 6 heteroatoms. The van der Waals surface area contributed by atoms with Crippen LogP contribution in [0.25, 0.3) is 10.2 Å². The van der Waals surface area contributed by atoms with Gasteiger partial charge in [0.15, 0.2) is 0 Å². The van der Waals surface area contributed by atoms with E-state index in [4.69, 9.17) is 5.11 Å². The Bertz CT molecular complexity index is 643. The van der Waals surface area contributed by atoms with E-state index in [-0.39, 0.29) is 6.61 Å². The van der Waals surface area contributed by atoms with Gasteiger partial charge in [0.25, 0.3) is 0 Å². The van der Waals surface area contributed by atoms with E-state index in [1.807, 2.05) is 18.2 Å². The number of hydrogen-bond donors (Lipinski definition) is 1. The lowest BCUT2D eigenvalue weighted by Crippen LogP contribution is -2.09. The smallest absolute Gasteiger partial charge is 0.138 e. The second-order valence-electron chi connectivity index (χ2n) is 4.20. The zero-order chi connectivity index (χ0) is 13.1. The van der Waals surface area contributed by atoms with Gasteiger partial charge in [-0.25, -0.2) is 14.6 Å². The zero-order valence-corrected chi connectivity index (χ0v) is 11.2. The number of aliphatic hydroxyl groups excluding tert-OH is 1. The predicted molar refractivity (Wildman–Crippen MR) is 74.1 cm³/mol. The summed E-state index contributed by atoms with van der Waals surface area (Å²) in [6.45, 7) is 0.576. The number of benzene rings is 1. The van der Waals surface area contributed by atoms with Crippen LogP contribution in [0, 0.1) is 0 Å².